The number of nitrogens with zero attached hydrogens (tertiary/aromatic N) is 4. The van der Waals surface area contributed by atoms with Crippen molar-refractivity contribution < 1.29 is 9.59 Å². The summed E-state index contributed by atoms with van der Waals surface area (Å²) >= 11 is 12.2. The molecule has 4 atom stereocenters. The lowest BCUT2D eigenvalue weighted by Gasteiger charge is -2.46. The molecule has 4 unspecified atom stereocenters. The predicted molar refractivity (Wildman–Crippen MR) is 134 cm³/mol. The number of nitrogens with one attached hydrogen (secondary N) is 1. The van der Waals surface area contributed by atoms with Gasteiger partial charge >= 0.3 is 6.03 Å². The monoisotopic (exact) mass is 501 g/mol. The third-order valence-corrected chi connectivity index (χ3v) is 7.83. The van der Waals surface area contributed by atoms with E-state index in [1.807, 2.05) is 0 Å². The molecule has 0 radical (unpaired) electrons. The number of halogens is 2. The summed E-state index contributed by atoms with van der Waals surface area (Å²) in [6, 6.07) is 13.0. The Morgan fingerprint density at radius 2 is 1.71 bits per heavy atom. The Balaban J connectivity index is 1.44. The Morgan fingerprint density at radius 3 is 2.38 bits per heavy atom. The van der Waals surface area contributed by atoms with E-state index in [1.54, 1.807) is 30.1 Å². The van der Waals surface area contributed by atoms with Crippen molar-refractivity contribution in [1.82, 2.24) is 20.0 Å². The summed E-state index contributed by atoms with van der Waals surface area (Å²) < 4.78 is 0. The van der Waals surface area contributed by atoms with Crippen LogP contribution in [0.1, 0.15) is 25.0 Å². The molecule has 0 bridgehead atoms. The van der Waals surface area contributed by atoms with Gasteiger partial charge in [0.15, 0.2) is 0 Å². The topological polar surface area (TPSA) is 59.1 Å². The average molecular weight is 502 g/mol. The van der Waals surface area contributed by atoms with Crippen molar-refractivity contribution in [3.05, 3.63) is 63.6 Å². The van der Waals surface area contributed by atoms with Crippen molar-refractivity contribution in [1.29, 1.82) is 0 Å². The Bertz CT molecular complexity index is 1110. The fourth-order valence-electron chi connectivity index (χ4n) is 5.31. The van der Waals surface area contributed by atoms with Crippen LogP contribution < -0.4 is 10.2 Å². The fraction of sp³-hybridized carbons (Fsp3) is 0.440. The Kier molecular flexibility index (Phi) is 6.23. The van der Waals surface area contributed by atoms with Crippen molar-refractivity contribution in [2.75, 3.05) is 25.0 Å². The SMILES string of the molecule is CCc1ccc(N2CC(C)CN3C4C(=O)N(Cc5ccc(Cl)c(Cl)c5)C(=O)N(C)C4NC23)cc1. The molecule has 9 heteroatoms. The number of anilines is 1. The highest BCUT2D eigenvalue weighted by atomic mass is 35.5. The minimum absolute atomic E-state index is 0.151. The van der Waals surface area contributed by atoms with Crippen LogP contribution in [-0.4, -0.2) is 65.3 Å². The van der Waals surface area contributed by atoms with Crippen molar-refractivity contribution in [3.8, 4) is 0 Å². The summed E-state index contributed by atoms with van der Waals surface area (Å²) in [5.74, 6) is 0.173. The molecule has 1 N–H and O–H groups in total. The number of hydrogen-bond acceptors (Lipinski definition) is 5. The number of fused-ring (bicyclic) bond motifs is 3. The van der Waals surface area contributed by atoms with Gasteiger partial charge < -0.3 is 9.80 Å². The van der Waals surface area contributed by atoms with Crippen LogP contribution >= 0.6 is 23.2 Å². The molecule has 5 rings (SSSR count). The van der Waals surface area contributed by atoms with Gasteiger partial charge in [-0.05, 0) is 47.7 Å². The van der Waals surface area contributed by atoms with Crippen molar-refractivity contribution in [2.24, 2.45) is 5.92 Å². The largest absolute Gasteiger partial charge is 0.343 e. The lowest BCUT2D eigenvalue weighted by atomic mass is 10.0. The van der Waals surface area contributed by atoms with E-state index >= 15 is 0 Å². The van der Waals surface area contributed by atoms with Crippen molar-refractivity contribution in [3.63, 3.8) is 0 Å². The molecular weight excluding hydrogens is 473 g/mol. The van der Waals surface area contributed by atoms with E-state index in [-0.39, 0.29) is 24.8 Å². The number of aryl methyl sites for hydroxylation is 1. The first kappa shape index (κ1) is 23.4. The molecule has 180 valence electrons. The summed E-state index contributed by atoms with van der Waals surface area (Å²) in [4.78, 5) is 34.4. The molecule has 7 nitrogen and oxygen atoms in total. The van der Waals surface area contributed by atoms with Gasteiger partial charge in [0.1, 0.15) is 18.5 Å². The first-order valence-electron chi connectivity index (χ1n) is 11.7. The minimum Gasteiger partial charge on any atom is -0.343 e. The molecule has 3 amide bonds. The van der Waals surface area contributed by atoms with Crippen LogP contribution in [0.4, 0.5) is 10.5 Å². The zero-order chi connectivity index (χ0) is 24.1. The lowest BCUT2D eigenvalue weighted by molar-refractivity contribution is -0.139. The number of likely N-dealkylation sites (N-methyl/N-ethyl adjacent to an activating group) is 1. The summed E-state index contributed by atoms with van der Waals surface area (Å²) in [5.41, 5.74) is 3.16. The van der Waals surface area contributed by atoms with Crippen LogP contribution in [0.25, 0.3) is 0 Å². The van der Waals surface area contributed by atoms with Crippen LogP contribution in [-0.2, 0) is 17.8 Å². The van der Waals surface area contributed by atoms with E-state index < -0.39 is 12.2 Å². The van der Waals surface area contributed by atoms with E-state index in [9.17, 15) is 9.59 Å². The molecule has 2 aromatic carbocycles. The molecular formula is C25H29Cl2N5O2. The van der Waals surface area contributed by atoms with E-state index in [4.69, 9.17) is 23.2 Å². The number of carbonyl (C=O) groups is 2. The second kappa shape index (κ2) is 9.04. The second-order valence-corrected chi connectivity index (χ2v) is 10.3. The van der Waals surface area contributed by atoms with E-state index in [0.29, 0.717) is 16.0 Å². The Hall–Kier alpha value is -2.32. The van der Waals surface area contributed by atoms with Gasteiger partial charge in [-0.25, -0.2) is 4.79 Å². The molecule has 3 aliphatic heterocycles. The maximum atomic E-state index is 13.7. The molecule has 0 spiro atoms. The third-order valence-electron chi connectivity index (χ3n) is 7.09. The van der Waals surface area contributed by atoms with Gasteiger partial charge in [-0.1, -0.05) is 55.2 Å². The summed E-state index contributed by atoms with van der Waals surface area (Å²) in [6.45, 7) is 6.14. The third kappa shape index (κ3) is 3.94. The van der Waals surface area contributed by atoms with E-state index in [1.165, 1.54) is 10.5 Å². The normalized spacial score (nSPS) is 27.3. The minimum atomic E-state index is -0.462. The highest BCUT2D eigenvalue weighted by Crippen LogP contribution is 2.35. The Morgan fingerprint density at radius 1 is 1.00 bits per heavy atom. The van der Waals surface area contributed by atoms with Crippen LogP contribution in [0.3, 0.4) is 0 Å². The number of benzene rings is 2. The Labute approximate surface area is 210 Å². The molecule has 0 aliphatic carbocycles. The molecule has 34 heavy (non-hydrogen) atoms. The number of carbonyl (C=O) groups excluding carboxylic acids is 2. The van der Waals surface area contributed by atoms with Crippen molar-refractivity contribution in [2.45, 2.75) is 45.3 Å². The summed E-state index contributed by atoms with van der Waals surface area (Å²) in [5, 5.41) is 4.42. The first-order valence-corrected chi connectivity index (χ1v) is 12.4. The van der Waals surface area contributed by atoms with Crippen LogP contribution in [0.5, 0.6) is 0 Å². The number of urea groups is 1. The zero-order valence-electron chi connectivity index (χ0n) is 19.5. The van der Waals surface area contributed by atoms with E-state index in [2.05, 4.69) is 53.2 Å². The highest BCUT2D eigenvalue weighted by molar-refractivity contribution is 6.42. The summed E-state index contributed by atoms with van der Waals surface area (Å²) in [7, 11) is 1.75. The van der Waals surface area contributed by atoms with Gasteiger partial charge in [0.25, 0.3) is 5.91 Å². The molecule has 3 aliphatic rings. The summed E-state index contributed by atoms with van der Waals surface area (Å²) in [6.07, 6.45) is 0.436. The highest BCUT2D eigenvalue weighted by Gasteiger charge is 2.56. The fourth-order valence-corrected chi connectivity index (χ4v) is 5.63. The number of amides is 3. The second-order valence-electron chi connectivity index (χ2n) is 9.47. The zero-order valence-corrected chi connectivity index (χ0v) is 21.1. The first-order chi connectivity index (χ1) is 16.3. The molecule has 3 fully saturated rings. The van der Waals surface area contributed by atoms with Crippen LogP contribution in [0.2, 0.25) is 10.0 Å². The number of imide groups is 1. The number of hydrogen-bond donors (Lipinski definition) is 1. The van der Waals surface area contributed by atoms with Crippen molar-refractivity contribution >= 4 is 40.8 Å². The van der Waals surface area contributed by atoms with E-state index in [0.717, 1.165) is 30.8 Å². The molecule has 3 saturated heterocycles. The molecule has 2 aromatic rings. The predicted octanol–water partition coefficient (Wildman–Crippen LogP) is 3.99. The van der Waals surface area contributed by atoms with Crippen LogP contribution in [0.15, 0.2) is 42.5 Å². The molecule has 3 heterocycles. The maximum absolute atomic E-state index is 13.7. The number of rotatable bonds is 4. The van der Waals surface area contributed by atoms with Gasteiger partial charge in [-0.2, -0.15) is 0 Å². The van der Waals surface area contributed by atoms with Crippen LogP contribution in [0, 0.1) is 5.92 Å². The smallest absolute Gasteiger partial charge is 0.328 e. The standard InChI is InChI=1S/C25H29Cl2N5O2/c1-4-16-5-8-18(9-6-16)30-12-15(2)13-31-21-22(28-24(30)31)29(3)25(34)32(23(21)33)14-17-7-10-19(26)20(27)11-17/h5-11,15,21-22,24,28H,4,12-14H2,1-3H3. The van der Waals surface area contributed by atoms with Gasteiger partial charge in [0.2, 0.25) is 0 Å². The quantitative estimate of drug-likeness (QED) is 0.686. The molecule has 0 saturated carbocycles. The lowest BCUT2D eigenvalue weighted by Crippen LogP contribution is -2.66. The average Bonchev–Trinajstić information content (AvgIpc) is 3.22. The maximum Gasteiger partial charge on any atom is 0.328 e. The van der Waals surface area contributed by atoms with Gasteiger partial charge in [-0.3, -0.25) is 19.9 Å². The van der Waals surface area contributed by atoms with Gasteiger partial charge in [0.05, 0.1) is 16.6 Å². The van der Waals surface area contributed by atoms with Gasteiger partial charge in [0, 0.05) is 25.8 Å². The van der Waals surface area contributed by atoms with Gasteiger partial charge in [-0.15, -0.1) is 0 Å². The molecule has 0 aromatic heterocycles.